The molecule has 0 heterocycles. The predicted molar refractivity (Wildman–Crippen MR) is 76.3 cm³/mol. The van der Waals surface area contributed by atoms with E-state index in [0.717, 1.165) is 6.07 Å². The molecule has 3 N–H and O–H groups in total. The van der Waals surface area contributed by atoms with Crippen LogP contribution in [0.2, 0.25) is 5.02 Å². The lowest BCUT2D eigenvalue weighted by Crippen LogP contribution is -2.40. The number of nitrogens with one attached hydrogen (secondary N) is 2. The zero-order valence-corrected chi connectivity index (χ0v) is 11.7. The highest BCUT2D eigenvalue weighted by molar-refractivity contribution is 6.39. The summed E-state index contributed by atoms with van der Waals surface area (Å²) in [6, 6.07) is 3.42. The highest BCUT2D eigenvalue weighted by Crippen LogP contribution is 2.19. The van der Waals surface area contributed by atoms with E-state index in [1.165, 1.54) is 12.1 Å². The fourth-order valence-corrected chi connectivity index (χ4v) is 2.18. The van der Waals surface area contributed by atoms with Gasteiger partial charge in [-0.05, 0) is 24.6 Å². The Morgan fingerprint density at radius 3 is 2.71 bits per heavy atom. The summed E-state index contributed by atoms with van der Waals surface area (Å²) in [7, 11) is 0. The molecule has 0 saturated carbocycles. The largest absolute Gasteiger partial charge is 0.396 e. The van der Waals surface area contributed by atoms with Crippen LogP contribution in [0.1, 0.15) is 6.42 Å². The third kappa shape index (κ3) is 4.03. The molecule has 1 aliphatic carbocycles. The van der Waals surface area contributed by atoms with Crippen molar-refractivity contribution in [2.75, 3.05) is 11.9 Å². The Hall–Kier alpha value is -1.92. The molecule has 2 rings (SSSR count). The van der Waals surface area contributed by atoms with Crippen molar-refractivity contribution in [3.8, 4) is 0 Å². The minimum atomic E-state index is -0.961. The molecule has 0 bridgehead atoms. The molecular formula is C14H14ClFN2O3. The molecule has 0 unspecified atom stereocenters. The van der Waals surface area contributed by atoms with Gasteiger partial charge in [-0.1, -0.05) is 23.8 Å². The lowest BCUT2D eigenvalue weighted by Gasteiger charge is -2.12. The maximum Gasteiger partial charge on any atom is 0.313 e. The van der Waals surface area contributed by atoms with E-state index in [9.17, 15) is 14.0 Å². The van der Waals surface area contributed by atoms with E-state index in [4.69, 9.17) is 16.7 Å². The SMILES string of the molecule is O=C(Nc1ccc(Cl)cc1F)C(=O)N[C@@H]1C=C[C@H](CO)C1. The molecule has 1 aromatic carbocycles. The van der Waals surface area contributed by atoms with E-state index in [2.05, 4.69) is 10.6 Å². The van der Waals surface area contributed by atoms with Gasteiger partial charge in [0, 0.05) is 23.6 Å². The first-order valence-electron chi connectivity index (χ1n) is 6.35. The lowest BCUT2D eigenvalue weighted by atomic mass is 10.1. The monoisotopic (exact) mass is 312 g/mol. The van der Waals surface area contributed by atoms with Crippen LogP contribution in [0.4, 0.5) is 10.1 Å². The number of rotatable bonds is 3. The van der Waals surface area contributed by atoms with Crippen LogP contribution in [0.5, 0.6) is 0 Å². The molecule has 21 heavy (non-hydrogen) atoms. The summed E-state index contributed by atoms with van der Waals surface area (Å²) in [6.07, 6.45) is 4.03. The molecular weight excluding hydrogens is 299 g/mol. The smallest absolute Gasteiger partial charge is 0.313 e. The van der Waals surface area contributed by atoms with Gasteiger partial charge in [-0.15, -0.1) is 0 Å². The fraction of sp³-hybridized carbons (Fsp3) is 0.286. The Morgan fingerprint density at radius 2 is 2.10 bits per heavy atom. The Balaban J connectivity index is 1.91. The molecule has 2 amide bonds. The summed E-state index contributed by atoms with van der Waals surface area (Å²) < 4.78 is 13.5. The normalized spacial score (nSPS) is 20.3. The summed E-state index contributed by atoms with van der Waals surface area (Å²) >= 11 is 5.60. The molecule has 0 fully saturated rings. The van der Waals surface area contributed by atoms with Gasteiger partial charge in [-0.25, -0.2) is 4.39 Å². The minimum Gasteiger partial charge on any atom is -0.396 e. The van der Waals surface area contributed by atoms with E-state index in [-0.39, 0.29) is 29.3 Å². The number of carbonyl (C=O) groups is 2. The summed E-state index contributed by atoms with van der Waals surface area (Å²) in [4.78, 5) is 23.4. The average Bonchev–Trinajstić information content (AvgIpc) is 2.89. The molecule has 0 radical (unpaired) electrons. The van der Waals surface area contributed by atoms with E-state index in [1.807, 2.05) is 0 Å². The second-order valence-corrected chi connectivity index (χ2v) is 5.16. The molecule has 0 saturated heterocycles. The molecule has 0 spiro atoms. The van der Waals surface area contributed by atoms with E-state index < -0.39 is 17.6 Å². The topological polar surface area (TPSA) is 78.4 Å². The molecule has 0 aliphatic heterocycles. The Bertz CT molecular complexity index is 592. The van der Waals surface area contributed by atoms with Crippen LogP contribution in [0.25, 0.3) is 0 Å². The minimum absolute atomic E-state index is 0.00888. The molecule has 7 heteroatoms. The summed E-state index contributed by atoms with van der Waals surface area (Å²) in [5, 5.41) is 13.8. The van der Waals surface area contributed by atoms with Crippen molar-refractivity contribution in [3.63, 3.8) is 0 Å². The highest BCUT2D eigenvalue weighted by atomic mass is 35.5. The number of halogens is 2. The Labute approximate surface area is 125 Å². The van der Waals surface area contributed by atoms with Gasteiger partial charge < -0.3 is 15.7 Å². The van der Waals surface area contributed by atoms with Gasteiger partial charge in [0.25, 0.3) is 0 Å². The van der Waals surface area contributed by atoms with Gasteiger partial charge in [-0.2, -0.15) is 0 Å². The number of aliphatic hydroxyl groups is 1. The number of anilines is 1. The van der Waals surface area contributed by atoms with Crippen LogP contribution in [-0.2, 0) is 9.59 Å². The lowest BCUT2D eigenvalue weighted by molar-refractivity contribution is -0.136. The van der Waals surface area contributed by atoms with Crippen LogP contribution in [0.3, 0.4) is 0 Å². The van der Waals surface area contributed by atoms with Crippen molar-refractivity contribution < 1.29 is 19.1 Å². The summed E-state index contributed by atoms with van der Waals surface area (Å²) in [5.74, 6) is -2.56. The van der Waals surface area contributed by atoms with E-state index >= 15 is 0 Å². The van der Waals surface area contributed by atoms with Gasteiger partial charge in [-0.3, -0.25) is 9.59 Å². The number of hydrogen-bond donors (Lipinski definition) is 3. The van der Waals surface area contributed by atoms with Crippen molar-refractivity contribution in [1.29, 1.82) is 0 Å². The molecule has 0 aromatic heterocycles. The number of amides is 2. The van der Waals surface area contributed by atoms with Crippen LogP contribution >= 0.6 is 11.6 Å². The molecule has 1 aromatic rings. The number of hydrogen-bond acceptors (Lipinski definition) is 3. The first-order valence-corrected chi connectivity index (χ1v) is 6.73. The van der Waals surface area contributed by atoms with Crippen LogP contribution < -0.4 is 10.6 Å². The number of aliphatic hydroxyl groups excluding tert-OH is 1. The Morgan fingerprint density at radius 1 is 1.33 bits per heavy atom. The third-order valence-electron chi connectivity index (χ3n) is 3.11. The summed E-state index contributed by atoms with van der Waals surface area (Å²) in [6.45, 7) is -0.00888. The molecule has 112 valence electrons. The quantitative estimate of drug-likeness (QED) is 0.584. The number of carbonyl (C=O) groups excluding carboxylic acids is 2. The van der Waals surface area contributed by atoms with Gasteiger partial charge >= 0.3 is 11.8 Å². The van der Waals surface area contributed by atoms with Gasteiger partial charge in [0.15, 0.2) is 0 Å². The second-order valence-electron chi connectivity index (χ2n) is 4.72. The van der Waals surface area contributed by atoms with Gasteiger partial charge in [0.05, 0.1) is 5.69 Å². The van der Waals surface area contributed by atoms with Gasteiger partial charge in [0.2, 0.25) is 0 Å². The van der Waals surface area contributed by atoms with E-state index in [0.29, 0.717) is 6.42 Å². The summed E-state index contributed by atoms with van der Waals surface area (Å²) in [5.41, 5.74) is -0.116. The molecule has 5 nitrogen and oxygen atoms in total. The van der Waals surface area contributed by atoms with Crippen molar-refractivity contribution in [3.05, 3.63) is 41.2 Å². The van der Waals surface area contributed by atoms with Gasteiger partial charge in [0.1, 0.15) is 5.82 Å². The van der Waals surface area contributed by atoms with Crippen molar-refractivity contribution in [2.45, 2.75) is 12.5 Å². The second kappa shape index (κ2) is 6.69. The maximum atomic E-state index is 13.5. The van der Waals surface area contributed by atoms with Crippen molar-refractivity contribution in [2.24, 2.45) is 5.92 Å². The van der Waals surface area contributed by atoms with Crippen LogP contribution in [-0.4, -0.2) is 29.6 Å². The van der Waals surface area contributed by atoms with Crippen LogP contribution in [0, 0.1) is 11.7 Å². The standard InChI is InChI=1S/C14H14ClFN2O3/c15-9-2-4-12(11(16)6-9)18-14(21)13(20)17-10-3-1-8(5-10)7-19/h1-4,6,8,10,19H,5,7H2,(H,17,20)(H,18,21)/t8-,10+/m0/s1. The zero-order valence-electron chi connectivity index (χ0n) is 11.0. The first kappa shape index (κ1) is 15.5. The zero-order chi connectivity index (χ0) is 15.4. The Kier molecular flexibility index (Phi) is 4.93. The first-order chi connectivity index (χ1) is 9.99. The molecule has 2 atom stereocenters. The molecule has 1 aliphatic rings. The van der Waals surface area contributed by atoms with Crippen molar-refractivity contribution >= 4 is 29.1 Å². The predicted octanol–water partition coefficient (Wildman–Crippen LogP) is 1.47. The fourth-order valence-electron chi connectivity index (χ4n) is 2.02. The third-order valence-corrected chi connectivity index (χ3v) is 3.34. The van der Waals surface area contributed by atoms with Crippen molar-refractivity contribution in [1.82, 2.24) is 5.32 Å². The average molecular weight is 313 g/mol. The maximum absolute atomic E-state index is 13.5. The number of benzene rings is 1. The van der Waals surface area contributed by atoms with Crippen LogP contribution in [0.15, 0.2) is 30.4 Å². The highest BCUT2D eigenvalue weighted by Gasteiger charge is 2.23. The van der Waals surface area contributed by atoms with E-state index in [1.54, 1.807) is 12.2 Å².